The van der Waals surface area contributed by atoms with Crippen LogP contribution in [0.5, 0.6) is 5.75 Å². The van der Waals surface area contributed by atoms with Crippen LogP contribution < -0.4 is 10.5 Å². The molecule has 2 aromatic carbocycles. The Hall–Kier alpha value is -3.76. The van der Waals surface area contributed by atoms with Gasteiger partial charge in [0.2, 0.25) is 5.69 Å². The van der Waals surface area contributed by atoms with Crippen molar-refractivity contribution in [3.63, 3.8) is 0 Å². The molecule has 224 valence electrons. The molecule has 0 amide bonds. The average molecular weight is 596 g/mol. The van der Waals surface area contributed by atoms with Crippen LogP contribution in [0, 0.1) is 0 Å². The molecule has 0 saturated carbocycles. The molecule has 0 spiro atoms. The van der Waals surface area contributed by atoms with Gasteiger partial charge >= 0.3 is 5.63 Å². The Bertz CT molecular complexity index is 1750. The van der Waals surface area contributed by atoms with Gasteiger partial charge in [-0.15, -0.1) is 0 Å². The molecule has 0 unspecified atom stereocenters. The third kappa shape index (κ3) is 6.19. The van der Waals surface area contributed by atoms with Crippen molar-refractivity contribution in [3.8, 4) is 5.75 Å². The summed E-state index contributed by atoms with van der Waals surface area (Å²) in [7, 11) is -4.41. The van der Waals surface area contributed by atoms with Crippen LogP contribution in [0.3, 0.4) is 0 Å². The highest BCUT2D eigenvalue weighted by atomic mass is 32.2. The number of hydrogen-bond donors (Lipinski definition) is 2. The SMILES string of the molecule is CCN(CC)c1ccc2c(O)c(/C=C/C3=[N+](CCCCCC(C)=O)c4ccc(S(=O)(=O)O)cc4C3(C)C)c(=O)oc2c1. The fourth-order valence-electron chi connectivity index (χ4n) is 5.66. The number of ketones is 1. The molecule has 9 nitrogen and oxygen atoms in total. The Morgan fingerprint density at radius 1 is 1.05 bits per heavy atom. The van der Waals surface area contributed by atoms with Crippen LogP contribution in [0.4, 0.5) is 11.4 Å². The summed E-state index contributed by atoms with van der Waals surface area (Å²) in [6.45, 7) is 11.7. The fraction of sp³-hybridized carbons (Fsp3) is 0.406. The van der Waals surface area contributed by atoms with Gasteiger partial charge < -0.3 is 19.2 Å². The molecule has 4 rings (SSSR count). The molecule has 0 atom stereocenters. The van der Waals surface area contributed by atoms with Gasteiger partial charge in [0.1, 0.15) is 29.2 Å². The van der Waals surface area contributed by atoms with Crippen molar-refractivity contribution in [2.75, 3.05) is 24.5 Å². The fourth-order valence-corrected chi connectivity index (χ4v) is 6.17. The Balaban J connectivity index is 1.77. The molecule has 10 heteroatoms. The molecular formula is C32H39N2O7S+. The zero-order valence-corrected chi connectivity index (χ0v) is 25.6. The molecule has 0 bridgehead atoms. The van der Waals surface area contributed by atoms with Crippen molar-refractivity contribution in [1.82, 2.24) is 0 Å². The molecule has 0 aliphatic carbocycles. The van der Waals surface area contributed by atoms with Crippen molar-refractivity contribution in [3.05, 3.63) is 64.0 Å². The van der Waals surface area contributed by atoms with E-state index in [1.165, 1.54) is 18.2 Å². The Morgan fingerprint density at radius 2 is 1.76 bits per heavy atom. The third-order valence-corrected chi connectivity index (χ3v) is 8.86. The van der Waals surface area contributed by atoms with Crippen LogP contribution in [-0.4, -0.2) is 53.8 Å². The molecule has 42 heavy (non-hydrogen) atoms. The van der Waals surface area contributed by atoms with E-state index in [1.807, 2.05) is 33.8 Å². The van der Waals surface area contributed by atoms with Crippen molar-refractivity contribution < 1.29 is 31.9 Å². The zero-order valence-electron chi connectivity index (χ0n) is 24.8. The lowest BCUT2D eigenvalue weighted by Gasteiger charge is -2.21. The quantitative estimate of drug-likeness (QED) is 0.116. The predicted molar refractivity (Wildman–Crippen MR) is 165 cm³/mol. The summed E-state index contributed by atoms with van der Waals surface area (Å²) in [6.07, 6.45) is 6.19. The summed E-state index contributed by atoms with van der Waals surface area (Å²) in [5.41, 5.74) is 2.11. The second-order valence-corrected chi connectivity index (χ2v) is 12.6. The lowest BCUT2D eigenvalue weighted by atomic mass is 9.81. The Labute approximate surface area is 246 Å². The van der Waals surface area contributed by atoms with Crippen LogP contribution in [0.1, 0.15) is 71.4 Å². The summed E-state index contributed by atoms with van der Waals surface area (Å²) >= 11 is 0. The van der Waals surface area contributed by atoms with E-state index >= 15 is 0 Å². The molecule has 2 heterocycles. The van der Waals surface area contributed by atoms with E-state index in [0.717, 1.165) is 49.4 Å². The molecule has 1 aromatic heterocycles. The van der Waals surface area contributed by atoms with Gasteiger partial charge in [0, 0.05) is 55.4 Å². The predicted octanol–water partition coefficient (Wildman–Crippen LogP) is 5.83. The lowest BCUT2D eigenvalue weighted by molar-refractivity contribution is -0.438. The highest BCUT2D eigenvalue weighted by molar-refractivity contribution is 7.85. The second kappa shape index (κ2) is 12.2. The molecule has 0 saturated heterocycles. The minimum atomic E-state index is -4.41. The van der Waals surface area contributed by atoms with Gasteiger partial charge in [0.25, 0.3) is 10.1 Å². The van der Waals surface area contributed by atoms with Crippen LogP contribution in [0.15, 0.2) is 56.6 Å². The first-order chi connectivity index (χ1) is 19.8. The Kier molecular flexibility index (Phi) is 9.08. The summed E-state index contributed by atoms with van der Waals surface area (Å²) in [4.78, 5) is 26.3. The number of anilines is 1. The van der Waals surface area contributed by atoms with Crippen LogP contribution >= 0.6 is 0 Å². The van der Waals surface area contributed by atoms with Crippen LogP contribution in [0.2, 0.25) is 0 Å². The number of carbonyl (C=O) groups is 1. The first kappa shape index (κ1) is 31.2. The van der Waals surface area contributed by atoms with E-state index in [2.05, 4.69) is 9.48 Å². The molecule has 0 fully saturated rings. The number of rotatable bonds is 12. The van der Waals surface area contributed by atoms with Gasteiger partial charge in [-0.2, -0.15) is 13.0 Å². The van der Waals surface area contributed by atoms with Gasteiger partial charge in [-0.3, -0.25) is 4.55 Å². The second-order valence-electron chi connectivity index (χ2n) is 11.2. The van der Waals surface area contributed by atoms with Crippen molar-refractivity contribution in [2.24, 2.45) is 0 Å². The number of unbranched alkanes of at least 4 members (excludes halogenated alkanes) is 2. The maximum absolute atomic E-state index is 13.1. The van der Waals surface area contributed by atoms with E-state index in [1.54, 1.807) is 31.2 Å². The van der Waals surface area contributed by atoms with Gasteiger partial charge in [0.15, 0.2) is 5.71 Å². The maximum Gasteiger partial charge on any atom is 0.347 e. The van der Waals surface area contributed by atoms with Crippen molar-refractivity contribution in [1.29, 1.82) is 0 Å². The number of benzene rings is 2. The highest BCUT2D eigenvalue weighted by Gasteiger charge is 2.44. The lowest BCUT2D eigenvalue weighted by Crippen LogP contribution is -2.28. The van der Waals surface area contributed by atoms with Gasteiger partial charge in [-0.1, -0.05) is 0 Å². The van der Waals surface area contributed by atoms with Crippen molar-refractivity contribution >= 4 is 50.0 Å². The first-order valence-electron chi connectivity index (χ1n) is 14.3. The zero-order chi connectivity index (χ0) is 30.8. The molecular weight excluding hydrogens is 556 g/mol. The normalized spacial score (nSPS) is 14.6. The number of allylic oxidation sites excluding steroid dienone is 1. The number of hydrogen-bond acceptors (Lipinski definition) is 7. The number of aromatic hydroxyl groups is 1. The summed E-state index contributed by atoms with van der Waals surface area (Å²) in [5.74, 6) is -0.0316. The number of fused-ring (bicyclic) bond motifs is 2. The topological polar surface area (TPSA) is 128 Å². The van der Waals surface area contributed by atoms with E-state index in [4.69, 9.17) is 4.42 Å². The van der Waals surface area contributed by atoms with E-state index in [-0.39, 0.29) is 22.0 Å². The largest absolute Gasteiger partial charge is 0.506 e. The van der Waals surface area contributed by atoms with Crippen LogP contribution in [0.25, 0.3) is 17.0 Å². The highest BCUT2D eigenvalue weighted by Crippen LogP contribution is 2.42. The van der Waals surface area contributed by atoms with Crippen molar-refractivity contribution in [2.45, 2.75) is 70.6 Å². The standard InChI is InChI=1S/C32H38N2O7S/c1-6-33(7-2)22-12-14-24-28(19-22)41-31(37)25(30(24)36)15-17-29-32(4,5)26-20-23(42(38,39)40)13-16-27(26)34(29)18-10-8-9-11-21(3)35/h12-17,19-20H,6-11,18H2,1-5H3,(H,38,39,40)/p+1. The molecule has 1 aliphatic rings. The molecule has 2 N–H and O–H groups in total. The average Bonchev–Trinajstić information content (AvgIpc) is 3.13. The van der Waals surface area contributed by atoms with Gasteiger partial charge in [-0.25, -0.2) is 4.79 Å². The Morgan fingerprint density at radius 3 is 2.40 bits per heavy atom. The van der Waals surface area contributed by atoms with E-state index in [0.29, 0.717) is 29.5 Å². The minimum Gasteiger partial charge on any atom is -0.506 e. The molecule has 1 aliphatic heterocycles. The summed E-state index contributed by atoms with van der Waals surface area (Å²) in [5, 5.41) is 11.5. The number of carbonyl (C=O) groups excluding carboxylic acids is 1. The first-order valence-corrected chi connectivity index (χ1v) is 15.7. The molecule has 0 radical (unpaired) electrons. The smallest absolute Gasteiger partial charge is 0.347 e. The monoisotopic (exact) mass is 595 g/mol. The third-order valence-electron chi connectivity index (χ3n) is 8.01. The van der Waals surface area contributed by atoms with E-state index in [9.17, 15) is 27.7 Å². The van der Waals surface area contributed by atoms with Gasteiger partial charge in [-0.05, 0) is 77.8 Å². The maximum atomic E-state index is 13.1. The summed E-state index contributed by atoms with van der Waals surface area (Å²) < 4.78 is 41.2. The van der Waals surface area contributed by atoms with Gasteiger partial charge in [0.05, 0.1) is 15.7 Å². The number of Topliss-reactive ketones (excluding diaryl/α,β-unsaturated/α-hetero) is 1. The molecule has 3 aromatic rings. The van der Waals surface area contributed by atoms with Crippen LogP contribution in [-0.2, 0) is 20.3 Å². The minimum absolute atomic E-state index is 0.0115. The summed E-state index contributed by atoms with van der Waals surface area (Å²) in [6, 6.07) is 9.90. The van der Waals surface area contributed by atoms with E-state index < -0.39 is 21.2 Å². The number of nitrogens with zero attached hydrogens (tertiary/aromatic N) is 2.